The van der Waals surface area contributed by atoms with E-state index < -0.39 is 0 Å². The largest absolute Gasteiger partial charge is 0.346 e. The Morgan fingerprint density at radius 1 is 1.32 bits per heavy atom. The van der Waals surface area contributed by atoms with Crippen LogP contribution in [0.2, 0.25) is 0 Å². The van der Waals surface area contributed by atoms with Crippen molar-refractivity contribution >= 4 is 5.91 Å². The van der Waals surface area contributed by atoms with Crippen LogP contribution in [0.5, 0.6) is 0 Å². The van der Waals surface area contributed by atoms with Gasteiger partial charge in [-0.15, -0.1) is 0 Å². The number of hydrogen-bond acceptors (Lipinski definition) is 3. The van der Waals surface area contributed by atoms with Gasteiger partial charge in [0.05, 0.1) is 12.6 Å². The molecule has 1 aromatic carbocycles. The van der Waals surface area contributed by atoms with Gasteiger partial charge >= 0.3 is 0 Å². The summed E-state index contributed by atoms with van der Waals surface area (Å²) in [4.78, 5) is 16.0. The number of aromatic nitrogens is 3. The summed E-state index contributed by atoms with van der Waals surface area (Å²) in [6.45, 7) is 10.3. The number of aryl methyl sites for hydroxylation is 2. The number of rotatable bonds is 5. The Balaban J connectivity index is 2.34. The van der Waals surface area contributed by atoms with E-state index in [0.29, 0.717) is 6.54 Å². The third-order valence-corrected chi connectivity index (χ3v) is 3.52. The van der Waals surface area contributed by atoms with Crippen LogP contribution >= 0.6 is 0 Å². The molecule has 0 aliphatic rings. The second-order valence-corrected chi connectivity index (χ2v) is 6.09. The molecule has 1 heterocycles. The van der Waals surface area contributed by atoms with E-state index >= 15 is 0 Å². The molecule has 0 spiro atoms. The summed E-state index contributed by atoms with van der Waals surface area (Å²) in [6.07, 6.45) is 0. The lowest BCUT2D eigenvalue weighted by molar-refractivity contribution is -0.120. The molecule has 1 atom stereocenters. The van der Waals surface area contributed by atoms with Gasteiger partial charge in [-0.3, -0.25) is 4.79 Å². The first-order valence-electron chi connectivity index (χ1n) is 7.61. The first-order chi connectivity index (χ1) is 10.4. The van der Waals surface area contributed by atoms with E-state index in [0.717, 1.165) is 11.6 Å². The zero-order valence-corrected chi connectivity index (χ0v) is 13.9. The number of hydrogen-bond donors (Lipinski definition) is 1. The van der Waals surface area contributed by atoms with Crippen LogP contribution in [0.1, 0.15) is 49.6 Å². The van der Waals surface area contributed by atoms with Crippen LogP contribution in [0.25, 0.3) is 0 Å². The number of nitrogens with one attached hydrogen (secondary N) is 1. The number of nitrogens with zero attached hydrogens (tertiary/aromatic N) is 3. The van der Waals surface area contributed by atoms with E-state index in [-0.39, 0.29) is 17.9 Å². The summed E-state index contributed by atoms with van der Waals surface area (Å²) < 4.78 is 1.89. The Bertz CT molecular complexity index is 660. The van der Waals surface area contributed by atoms with Crippen molar-refractivity contribution in [1.82, 2.24) is 20.1 Å². The molecule has 0 aliphatic heterocycles. The van der Waals surface area contributed by atoms with Crippen LogP contribution in [0, 0.1) is 19.8 Å². The second-order valence-electron chi connectivity index (χ2n) is 6.09. The minimum Gasteiger partial charge on any atom is -0.346 e. The average molecular weight is 300 g/mol. The van der Waals surface area contributed by atoms with E-state index in [1.807, 2.05) is 17.7 Å². The topological polar surface area (TPSA) is 59.8 Å². The summed E-state index contributed by atoms with van der Waals surface area (Å²) in [5, 5.41) is 7.48. The number of carbonyl (C=O) groups excluding carboxylic acids is 1. The number of carbonyl (C=O) groups is 1. The van der Waals surface area contributed by atoms with Crippen molar-refractivity contribution in [3.8, 4) is 0 Å². The summed E-state index contributed by atoms with van der Waals surface area (Å²) in [7, 11) is 0. The van der Waals surface area contributed by atoms with Gasteiger partial charge in [0.15, 0.2) is 0 Å². The molecule has 1 amide bonds. The molecule has 0 unspecified atom stereocenters. The molecule has 0 saturated heterocycles. The van der Waals surface area contributed by atoms with E-state index in [2.05, 4.69) is 54.4 Å². The van der Waals surface area contributed by atoms with Gasteiger partial charge in [0.2, 0.25) is 5.91 Å². The molecular formula is C17H24N4O. The predicted octanol–water partition coefficient (Wildman–Crippen LogP) is 2.78. The van der Waals surface area contributed by atoms with Gasteiger partial charge < -0.3 is 5.32 Å². The van der Waals surface area contributed by atoms with Crippen molar-refractivity contribution in [2.75, 3.05) is 0 Å². The van der Waals surface area contributed by atoms with Gasteiger partial charge in [0.1, 0.15) is 11.6 Å². The SMILES string of the molecule is CC(=O)N[C@H](c1nc(C)nn1Cc1cccc(C)c1)C(C)C. The van der Waals surface area contributed by atoms with Gasteiger partial charge in [0.25, 0.3) is 0 Å². The van der Waals surface area contributed by atoms with Gasteiger partial charge in [-0.1, -0.05) is 43.7 Å². The molecule has 0 fully saturated rings. The van der Waals surface area contributed by atoms with Gasteiger partial charge in [-0.25, -0.2) is 9.67 Å². The van der Waals surface area contributed by atoms with Crippen LogP contribution in [-0.4, -0.2) is 20.7 Å². The fraction of sp³-hybridized carbons (Fsp3) is 0.471. The Hall–Kier alpha value is -2.17. The van der Waals surface area contributed by atoms with Crippen molar-refractivity contribution in [2.45, 2.75) is 47.2 Å². The third kappa shape index (κ3) is 3.93. The van der Waals surface area contributed by atoms with Gasteiger partial charge in [-0.05, 0) is 25.3 Å². The monoisotopic (exact) mass is 300 g/mol. The molecule has 5 nitrogen and oxygen atoms in total. The Morgan fingerprint density at radius 2 is 2.05 bits per heavy atom. The van der Waals surface area contributed by atoms with E-state index in [1.54, 1.807) is 0 Å². The lowest BCUT2D eigenvalue weighted by Crippen LogP contribution is -2.32. The Labute approximate surface area is 131 Å². The Morgan fingerprint density at radius 3 is 2.64 bits per heavy atom. The standard InChI is InChI=1S/C17H24N4O/c1-11(2)16(19-14(5)22)17-18-13(4)20-21(17)10-15-8-6-7-12(3)9-15/h6-9,11,16H,10H2,1-5H3,(H,19,22)/t16-/m0/s1. The molecular weight excluding hydrogens is 276 g/mol. The highest BCUT2D eigenvalue weighted by molar-refractivity contribution is 5.73. The molecule has 22 heavy (non-hydrogen) atoms. The number of amides is 1. The first-order valence-corrected chi connectivity index (χ1v) is 7.61. The average Bonchev–Trinajstić information content (AvgIpc) is 2.76. The molecule has 2 aromatic rings. The quantitative estimate of drug-likeness (QED) is 0.923. The summed E-state index contributed by atoms with van der Waals surface area (Å²) in [6, 6.07) is 8.20. The maximum atomic E-state index is 11.5. The lowest BCUT2D eigenvalue weighted by Gasteiger charge is -2.21. The fourth-order valence-corrected chi connectivity index (χ4v) is 2.55. The van der Waals surface area contributed by atoms with Crippen molar-refractivity contribution in [2.24, 2.45) is 5.92 Å². The third-order valence-electron chi connectivity index (χ3n) is 3.52. The summed E-state index contributed by atoms with van der Waals surface area (Å²) in [5.41, 5.74) is 2.40. The minimum atomic E-state index is -0.136. The minimum absolute atomic E-state index is 0.0542. The van der Waals surface area contributed by atoms with Crippen molar-refractivity contribution in [3.05, 3.63) is 47.0 Å². The maximum absolute atomic E-state index is 11.5. The predicted molar refractivity (Wildman–Crippen MR) is 86.4 cm³/mol. The van der Waals surface area contributed by atoms with Crippen LogP contribution in [-0.2, 0) is 11.3 Å². The molecule has 2 rings (SSSR count). The van der Waals surface area contributed by atoms with E-state index in [4.69, 9.17) is 0 Å². The number of benzene rings is 1. The molecule has 0 saturated carbocycles. The lowest BCUT2D eigenvalue weighted by atomic mass is 10.0. The normalized spacial score (nSPS) is 12.5. The van der Waals surface area contributed by atoms with Gasteiger partial charge in [0, 0.05) is 6.92 Å². The highest BCUT2D eigenvalue weighted by Crippen LogP contribution is 2.21. The molecule has 1 aromatic heterocycles. The molecule has 0 aliphatic carbocycles. The van der Waals surface area contributed by atoms with Crippen molar-refractivity contribution in [1.29, 1.82) is 0 Å². The summed E-state index contributed by atoms with van der Waals surface area (Å²) >= 11 is 0. The van der Waals surface area contributed by atoms with Crippen LogP contribution in [0.4, 0.5) is 0 Å². The smallest absolute Gasteiger partial charge is 0.217 e. The fourth-order valence-electron chi connectivity index (χ4n) is 2.55. The van der Waals surface area contributed by atoms with Crippen LogP contribution in [0.15, 0.2) is 24.3 Å². The second kappa shape index (κ2) is 6.73. The summed E-state index contributed by atoms with van der Waals surface area (Å²) in [5.74, 6) is 1.72. The zero-order valence-electron chi connectivity index (χ0n) is 13.9. The van der Waals surface area contributed by atoms with Crippen LogP contribution in [0.3, 0.4) is 0 Å². The van der Waals surface area contributed by atoms with Crippen molar-refractivity contribution in [3.63, 3.8) is 0 Å². The van der Waals surface area contributed by atoms with Gasteiger partial charge in [-0.2, -0.15) is 5.10 Å². The van der Waals surface area contributed by atoms with Crippen molar-refractivity contribution < 1.29 is 4.79 Å². The molecule has 0 radical (unpaired) electrons. The highest BCUT2D eigenvalue weighted by Gasteiger charge is 2.23. The van der Waals surface area contributed by atoms with E-state index in [9.17, 15) is 4.79 Å². The zero-order chi connectivity index (χ0) is 16.3. The highest BCUT2D eigenvalue weighted by atomic mass is 16.1. The molecule has 1 N–H and O–H groups in total. The Kier molecular flexibility index (Phi) is 4.96. The first kappa shape index (κ1) is 16.2. The molecule has 118 valence electrons. The van der Waals surface area contributed by atoms with Crippen LogP contribution < -0.4 is 5.32 Å². The maximum Gasteiger partial charge on any atom is 0.217 e. The molecule has 5 heteroatoms. The molecule has 0 bridgehead atoms. The van der Waals surface area contributed by atoms with E-state index in [1.165, 1.54) is 18.1 Å².